The monoisotopic (exact) mass is 272 g/mol. The number of nitrogens with zero attached hydrogens (tertiary/aromatic N) is 1. The van der Waals surface area contributed by atoms with Crippen LogP contribution in [0.2, 0.25) is 0 Å². The number of rotatable bonds is 6. The lowest BCUT2D eigenvalue weighted by atomic mass is 9.86. The van der Waals surface area contributed by atoms with E-state index in [1.54, 1.807) is 11.9 Å². The smallest absolute Gasteiger partial charge is 0.317 e. The molecule has 0 aromatic heterocycles. The number of nitrogens with one attached hydrogen (secondary N) is 1. The SMILES string of the molecule is CN(CC1CCCCC1O)C(=O)NCCCC(=O)O. The lowest BCUT2D eigenvalue weighted by Crippen LogP contribution is -2.43. The number of aliphatic carboxylic acids is 1. The average Bonchev–Trinajstić information content (AvgIpc) is 2.36. The largest absolute Gasteiger partial charge is 0.481 e. The van der Waals surface area contributed by atoms with Gasteiger partial charge in [-0.25, -0.2) is 4.79 Å². The van der Waals surface area contributed by atoms with Crippen LogP contribution in [0.3, 0.4) is 0 Å². The summed E-state index contributed by atoms with van der Waals surface area (Å²) in [5, 5.41) is 21.0. The highest BCUT2D eigenvalue weighted by molar-refractivity contribution is 5.74. The van der Waals surface area contributed by atoms with Crippen molar-refractivity contribution in [1.82, 2.24) is 10.2 Å². The molecule has 0 aromatic carbocycles. The minimum Gasteiger partial charge on any atom is -0.481 e. The number of carboxylic acid groups (broad SMARTS) is 1. The molecule has 2 unspecified atom stereocenters. The fourth-order valence-electron chi connectivity index (χ4n) is 2.41. The summed E-state index contributed by atoms with van der Waals surface area (Å²) in [6.07, 6.45) is 4.12. The van der Waals surface area contributed by atoms with Crippen LogP contribution < -0.4 is 5.32 Å². The van der Waals surface area contributed by atoms with Crippen LogP contribution in [-0.2, 0) is 4.79 Å². The number of urea groups is 1. The van der Waals surface area contributed by atoms with Crippen LogP contribution in [-0.4, -0.2) is 53.4 Å². The zero-order chi connectivity index (χ0) is 14.3. The van der Waals surface area contributed by atoms with E-state index in [-0.39, 0.29) is 24.5 Å². The molecule has 0 bridgehead atoms. The standard InChI is InChI=1S/C13H24N2O4/c1-15(9-10-5-2-3-6-11(10)16)13(19)14-8-4-7-12(17)18/h10-11,16H,2-9H2,1H3,(H,14,19)(H,17,18). The molecule has 0 spiro atoms. The van der Waals surface area contributed by atoms with Crippen molar-refractivity contribution >= 4 is 12.0 Å². The van der Waals surface area contributed by atoms with E-state index in [4.69, 9.17) is 5.11 Å². The van der Waals surface area contributed by atoms with Crippen LogP contribution in [0.4, 0.5) is 4.79 Å². The molecule has 0 aliphatic heterocycles. The first-order chi connectivity index (χ1) is 9.00. The topological polar surface area (TPSA) is 89.9 Å². The van der Waals surface area contributed by atoms with Crippen molar-refractivity contribution in [3.8, 4) is 0 Å². The van der Waals surface area contributed by atoms with Gasteiger partial charge in [-0.15, -0.1) is 0 Å². The summed E-state index contributed by atoms with van der Waals surface area (Å²) in [6, 6.07) is -0.205. The van der Waals surface area contributed by atoms with Gasteiger partial charge in [0.15, 0.2) is 0 Å². The van der Waals surface area contributed by atoms with Gasteiger partial charge in [-0.1, -0.05) is 12.8 Å². The van der Waals surface area contributed by atoms with Crippen LogP contribution in [0.1, 0.15) is 38.5 Å². The quantitative estimate of drug-likeness (QED) is 0.630. The first kappa shape index (κ1) is 15.8. The van der Waals surface area contributed by atoms with Crippen LogP contribution in [0.25, 0.3) is 0 Å². The van der Waals surface area contributed by atoms with Gasteiger partial charge in [0.05, 0.1) is 6.10 Å². The highest BCUT2D eigenvalue weighted by Gasteiger charge is 2.25. The molecule has 1 fully saturated rings. The Kier molecular flexibility index (Phi) is 6.62. The highest BCUT2D eigenvalue weighted by atomic mass is 16.4. The van der Waals surface area contributed by atoms with E-state index < -0.39 is 5.97 Å². The van der Waals surface area contributed by atoms with E-state index in [9.17, 15) is 14.7 Å². The Labute approximate surface area is 113 Å². The fraction of sp³-hybridized carbons (Fsp3) is 0.846. The Morgan fingerprint density at radius 3 is 2.63 bits per heavy atom. The Morgan fingerprint density at radius 2 is 2.00 bits per heavy atom. The lowest BCUT2D eigenvalue weighted by molar-refractivity contribution is -0.137. The molecule has 110 valence electrons. The maximum absolute atomic E-state index is 11.8. The zero-order valence-electron chi connectivity index (χ0n) is 11.5. The summed E-state index contributed by atoms with van der Waals surface area (Å²) in [4.78, 5) is 23.6. The summed E-state index contributed by atoms with van der Waals surface area (Å²) in [6.45, 7) is 0.911. The van der Waals surface area contributed by atoms with Crippen molar-refractivity contribution in [3.05, 3.63) is 0 Å². The third-order valence-electron chi connectivity index (χ3n) is 3.57. The molecule has 19 heavy (non-hydrogen) atoms. The van der Waals surface area contributed by atoms with E-state index in [0.29, 0.717) is 19.5 Å². The lowest BCUT2D eigenvalue weighted by Gasteiger charge is -2.31. The molecule has 0 aromatic rings. The summed E-state index contributed by atoms with van der Waals surface area (Å²) in [5.74, 6) is -0.698. The summed E-state index contributed by atoms with van der Waals surface area (Å²) < 4.78 is 0. The van der Waals surface area contributed by atoms with Gasteiger partial charge in [0, 0.05) is 32.5 Å². The van der Waals surface area contributed by atoms with Crippen LogP contribution in [0.15, 0.2) is 0 Å². The summed E-state index contributed by atoms with van der Waals surface area (Å²) in [5.41, 5.74) is 0. The van der Waals surface area contributed by atoms with Crippen molar-refractivity contribution in [3.63, 3.8) is 0 Å². The van der Waals surface area contributed by atoms with E-state index in [0.717, 1.165) is 25.7 Å². The van der Waals surface area contributed by atoms with E-state index in [1.807, 2.05) is 0 Å². The molecule has 1 saturated carbocycles. The number of carbonyl (C=O) groups is 2. The molecule has 0 heterocycles. The minimum absolute atomic E-state index is 0.0608. The molecule has 6 nitrogen and oxygen atoms in total. The maximum atomic E-state index is 11.8. The second-order valence-electron chi connectivity index (χ2n) is 5.22. The number of carboxylic acids is 1. The van der Waals surface area contributed by atoms with Crippen molar-refractivity contribution in [2.75, 3.05) is 20.1 Å². The Hall–Kier alpha value is -1.30. The third-order valence-corrected chi connectivity index (χ3v) is 3.57. The normalized spacial score (nSPS) is 22.8. The first-order valence-electron chi connectivity index (χ1n) is 6.89. The molecule has 2 atom stereocenters. The van der Waals surface area contributed by atoms with Crippen molar-refractivity contribution in [1.29, 1.82) is 0 Å². The second kappa shape index (κ2) is 7.99. The Morgan fingerprint density at radius 1 is 1.32 bits per heavy atom. The molecular formula is C13H24N2O4. The molecule has 6 heteroatoms. The van der Waals surface area contributed by atoms with Gasteiger partial charge >= 0.3 is 12.0 Å². The average molecular weight is 272 g/mol. The van der Waals surface area contributed by atoms with Crippen LogP contribution >= 0.6 is 0 Å². The Balaban J connectivity index is 2.22. The zero-order valence-corrected chi connectivity index (χ0v) is 11.5. The second-order valence-corrected chi connectivity index (χ2v) is 5.22. The van der Waals surface area contributed by atoms with Gasteiger partial charge < -0.3 is 20.4 Å². The van der Waals surface area contributed by atoms with Crippen molar-refractivity contribution in [2.45, 2.75) is 44.6 Å². The number of aliphatic hydroxyl groups excluding tert-OH is 1. The van der Waals surface area contributed by atoms with Crippen LogP contribution in [0.5, 0.6) is 0 Å². The van der Waals surface area contributed by atoms with E-state index >= 15 is 0 Å². The van der Waals surface area contributed by atoms with Crippen molar-refractivity contribution in [2.24, 2.45) is 5.92 Å². The molecular weight excluding hydrogens is 248 g/mol. The summed E-state index contributed by atoms with van der Waals surface area (Å²) >= 11 is 0. The predicted molar refractivity (Wildman–Crippen MR) is 70.9 cm³/mol. The number of carbonyl (C=O) groups excluding carboxylic acids is 1. The molecule has 0 radical (unpaired) electrons. The van der Waals surface area contributed by atoms with Gasteiger partial charge in [0.25, 0.3) is 0 Å². The molecule has 0 saturated heterocycles. The van der Waals surface area contributed by atoms with Crippen molar-refractivity contribution < 1.29 is 19.8 Å². The number of amides is 2. The van der Waals surface area contributed by atoms with Crippen LogP contribution in [0, 0.1) is 5.92 Å². The fourth-order valence-corrected chi connectivity index (χ4v) is 2.41. The molecule has 1 rings (SSSR count). The highest BCUT2D eigenvalue weighted by Crippen LogP contribution is 2.24. The number of hydrogen-bond donors (Lipinski definition) is 3. The Bertz CT molecular complexity index is 309. The number of aliphatic hydroxyl groups is 1. The van der Waals surface area contributed by atoms with Gasteiger partial charge in [0.2, 0.25) is 0 Å². The number of hydrogen-bond acceptors (Lipinski definition) is 3. The van der Waals surface area contributed by atoms with Gasteiger partial charge in [-0.05, 0) is 19.3 Å². The predicted octanol–water partition coefficient (Wildman–Crippen LogP) is 1.04. The molecule has 3 N–H and O–H groups in total. The van der Waals surface area contributed by atoms with E-state index in [2.05, 4.69) is 5.32 Å². The molecule has 1 aliphatic carbocycles. The van der Waals surface area contributed by atoms with Gasteiger partial charge in [-0.2, -0.15) is 0 Å². The molecule has 2 amide bonds. The van der Waals surface area contributed by atoms with Gasteiger partial charge in [-0.3, -0.25) is 4.79 Å². The third kappa shape index (κ3) is 5.92. The molecule has 1 aliphatic rings. The first-order valence-corrected chi connectivity index (χ1v) is 6.89. The van der Waals surface area contributed by atoms with Gasteiger partial charge in [0.1, 0.15) is 0 Å². The maximum Gasteiger partial charge on any atom is 0.317 e. The van der Waals surface area contributed by atoms with E-state index in [1.165, 1.54) is 0 Å². The summed E-state index contributed by atoms with van der Waals surface area (Å²) in [7, 11) is 1.70. The minimum atomic E-state index is -0.854.